The molecule has 2 aromatic rings. The van der Waals surface area contributed by atoms with Crippen LogP contribution in [0, 0.1) is 13.8 Å². The molecule has 0 atom stereocenters. The van der Waals surface area contributed by atoms with Crippen LogP contribution in [0.15, 0.2) is 48.5 Å². The topological polar surface area (TPSA) is 0 Å². The molecule has 2 rings (SSSR count). The Morgan fingerprint density at radius 1 is 0.733 bits per heavy atom. The first kappa shape index (κ1) is 12.3. The van der Waals surface area contributed by atoms with E-state index in [1.807, 2.05) is 0 Å². The number of rotatable bonds is 1. The molecular formula is C14H16Te. The zero-order valence-corrected chi connectivity index (χ0v) is 12.0. The second-order valence-electron chi connectivity index (χ2n) is 3.61. The van der Waals surface area contributed by atoms with E-state index in [0.717, 1.165) is 0 Å². The summed E-state index contributed by atoms with van der Waals surface area (Å²) in [4.78, 5) is 0. The zero-order valence-electron chi connectivity index (χ0n) is 9.12. The van der Waals surface area contributed by atoms with Crippen molar-refractivity contribution in [3.63, 3.8) is 0 Å². The molecule has 1 heteroatoms. The fourth-order valence-electron chi connectivity index (χ4n) is 1.68. The third-order valence-electron chi connectivity index (χ3n) is 2.69. The third-order valence-corrected chi connectivity index (χ3v) is 2.69. The van der Waals surface area contributed by atoms with Crippen molar-refractivity contribution in [2.75, 3.05) is 0 Å². The van der Waals surface area contributed by atoms with Gasteiger partial charge in [0.15, 0.2) is 0 Å². The molecule has 0 N–H and O–H groups in total. The van der Waals surface area contributed by atoms with Gasteiger partial charge in [-0.25, -0.2) is 0 Å². The van der Waals surface area contributed by atoms with E-state index in [1.165, 1.54) is 22.3 Å². The van der Waals surface area contributed by atoms with Gasteiger partial charge in [0.1, 0.15) is 0 Å². The molecule has 0 saturated heterocycles. The van der Waals surface area contributed by atoms with E-state index in [2.05, 4.69) is 62.4 Å². The number of benzene rings is 2. The molecule has 0 unspecified atom stereocenters. The predicted molar refractivity (Wildman–Crippen MR) is 69.9 cm³/mol. The van der Waals surface area contributed by atoms with Crippen LogP contribution >= 0.6 is 0 Å². The summed E-state index contributed by atoms with van der Waals surface area (Å²) in [6, 6.07) is 17.0. The normalized spacial score (nSPS) is 9.47. The molecule has 0 nitrogen and oxygen atoms in total. The van der Waals surface area contributed by atoms with Crippen LogP contribution in [0.25, 0.3) is 11.1 Å². The van der Waals surface area contributed by atoms with Crippen molar-refractivity contribution < 1.29 is 0 Å². The monoisotopic (exact) mass is 314 g/mol. The van der Waals surface area contributed by atoms with Crippen LogP contribution in [0.3, 0.4) is 0 Å². The van der Waals surface area contributed by atoms with Crippen LogP contribution < -0.4 is 0 Å². The molecule has 0 heterocycles. The van der Waals surface area contributed by atoms with Crippen LogP contribution in [0.4, 0.5) is 0 Å². The first-order chi connectivity index (χ1) is 6.79. The van der Waals surface area contributed by atoms with Crippen LogP contribution in [0.2, 0.25) is 0 Å². The molecular weight excluding hydrogens is 296 g/mol. The summed E-state index contributed by atoms with van der Waals surface area (Å²) in [6.45, 7) is 4.33. The Labute approximate surface area is 108 Å². The molecule has 0 aromatic heterocycles. The minimum absolute atomic E-state index is 0. The van der Waals surface area contributed by atoms with E-state index < -0.39 is 0 Å². The van der Waals surface area contributed by atoms with Crippen LogP contribution in [-0.4, -0.2) is 23.7 Å². The Morgan fingerprint density at radius 2 is 1.40 bits per heavy atom. The molecule has 78 valence electrons. The van der Waals surface area contributed by atoms with Gasteiger partial charge in [-0.3, -0.25) is 0 Å². The maximum absolute atomic E-state index is 2.18. The van der Waals surface area contributed by atoms with Gasteiger partial charge in [0.2, 0.25) is 0 Å². The van der Waals surface area contributed by atoms with Gasteiger partial charge in [-0.1, -0.05) is 48.5 Å². The van der Waals surface area contributed by atoms with Gasteiger partial charge in [-0.05, 0) is 36.1 Å². The van der Waals surface area contributed by atoms with E-state index in [9.17, 15) is 0 Å². The van der Waals surface area contributed by atoms with Gasteiger partial charge in [-0.15, -0.1) is 0 Å². The Hall–Kier alpha value is -0.770. The van der Waals surface area contributed by atoms with E-state index >= 15 is 0 Å². The molecule has 0 bridgehead atoms. The average molecular weight is 312 g/mol. The summed E-state index contributed by atoms with van der Waals surface area (Å²) in [5, 5.41) is 0. The summed E-state index contributed by atoms with van der Waals surface area (Å²) >= 11 is 0. The average Bonchev–Trinajstić information content (AvgIpc) is 2.23. The Kier molecular flexibility index (Phi) is 4.39. The molecule has 0 spiro atoms. The van der Waals surface area contributed by atoms with Gasteiger partial charge >= 0.3 is 23.7 Å². The first-order valence-electron chi connectivity index (χ1n) is 4.90. The van der Waals surface area contributed by atoms with Crippen molar-refractivity contribution in [2.45, 2.75) is 13.8 Å². The number of hydrogen-bond donors (Lipinski definition) is 0. The van der Waals surface area contributed by atoms with Gasteiger partial charge < -0.3 is 0 Å². The molecule has 0 radical (unpaired) electrons. The molecule has 0 saturated carbocycles. The maximum atomic E-state index is 2.18. The Bertz CT molecular complexity index is 432. The molecule has 15 heavy (non-hydrogen) atoms. The molecule has 0 fully saturated rings. The van der Waals surface area contributed by atoms with Gasteiger partial charge in [0.05, 0.1) is 0 Å². The van der Waals surface area contributed by atoms with Crippen molar-refractivity contribution >= 4 is 23.7 Å². The summed E-state index contributed by atoms with van der Waals surface area (Å²) in [7, 11) is 0. The molecule has 0 aliphatic heterocycles. The van der Waals surface area contributed by atoms with E-state index in [-0.39, 0.29) is 23.7 Å². The van der Waals surface area contributed by atoms with Crippen molar-refractivity contribution in [3.8, 4) is 11.1 Å². The summed E-state index contributed by atoms with van der Waals surface area (Å²) in [5.41, 5.74) is 5.37. The van der Waals surface area contributed by atoms with E-state index in [4.69, 9.17) is 0 Å². The number of aryl methyl sites for hydroxylation is 1. The fraction of sp³-hybridized carbons (Fsp3) is 0.143. The molecule has 0 aliphatic carbocycles. The van der Waals surface area contributed by atoms with Gasteiger partial charge in [-0.2, -0.15) is 0 Å². The standard InChI is InChI=1S/C14H14.H2Te/c1-11-7-6-10-14(12(11)2)13-8-4-3-5-9-13;/h3-10H,1-2H3;1H2. The molecule has 2 aromatic carbocycles. The van der Waals surface area contributed by atoms with Crippen molar-refractivity contribution in [1.82, 2.24) is 0 Å². The SMILES string of the molecule is Cc1cccc(-c2ccccc2)c1C.[TeH2]. The summed E-state index contributed by atoms with van der Waals surface area (Å²) in [5.74, 6) is 0. The van der Waals surface area contributed by atoms with Gasteiger partial charge in [0.25, 0.3) is 0 Å². The van der Waals surface area contributed by atoms with Crippen LogP contribution in [0.1, 0.15) is 11.1 Å². The van der Waals surface area contributed by atoms with Crippen molar-refractivity contribution in [2.24, 2.45) is 0 Å². The van der Waals surface area contributed by atoms with E-state index in [0.29, 0.717) is 0 Å². The summed E-state index contributed by atoms with van der Waals surface area (Å²) in [6.07, 6.45) is 0. The van der Waals surface area contributed by atoms with E-state index in [1.54, 1.807) is 0 Å². The van der Waals surface area contributed by atoms with Crippen LogP contribution in [-0.2, 0) is 0 Å². The third kappa shape index (κ3) is 2.62. The predicted octanol–water partition coefficient (Wildman–Crippen LogP) is 3.05. The summed E-state index contributed by atoms with van der Waals surface area (Å²) < 4.78 is 0. The second-order valence-corrected chi connectivity index (χ2v) is 3.61. The molecule has 0 amide bonds. The quantitative estimate of drug-likeness (QED) is 0.710. The molecule has 0 aliphatic rings. The zero-order chi connectivity index (χ0) is 9.97. The minimum atomic E-state index is 0. The van der Waals surface area contributed by atoms with Gasteiger partial charge in [0, 0.05) is 0 Å². The van der Waals surface area contributed by atoms with Crippen molar-refractivity contribution in [3.05, 3.63) is 59.7 Å². The second kappa shape index (κ2) is 5.35. The Balaban J connectivity index is 0.00000112. The Morgan fingerprint density at radius 3 is 2.07 bits per heavy atom. The van der Waals surface area contributed by atoms with Crippen LogP contribution in [0.5, 0.6) is 0 Å². The fourth-order valence-corrected chi connectivity index (χ4v) is 1.68. The van der Waals surface area contributed by atoms with Crippen molar-refractivity contribution in [1.29, 1.82) is 0 Å². The first-order valence-corrected chi connectivity index (χ1v) is 4.90. The number of hydrogen-bond acceptors (Lipinski definition) is 0.